The van der Waals surface area contributed by atoms with Crippen molar-refractivity contribution in [1.82, 2.24) is 4.98 Å². The van der Waals surface area contributed by atoms with Gasteiger partial charge in [-0.05, 0) is 0 Å². The van der Waals surface area contributed by atoms with E-state index in [0.717, 1.165) is 0 Å². The van der Waals surface area contributed by atoms with E-state index in [1.807, 2.05) is 0 Å². The third-order valence-corrected chi connectivity index (χ3v) is 1.87. The molecule has 0 atom stereocenters. The summed E-state index contributed by atoms with van der Waals surface area (Å²) in [6, 6.07) is 0.168. The number of rotatable bonds is 3. The van der Waals surface area contributed by atoms with Gasteiger partial charge < -0.3 is 4.74 Å². The molecule has 0 saturated heterocycles. The highest BCUT2D eigenvalue weighted by atomic mass is 35.5. The molecule has 0 aliphatic rings. The van der Waals surface area contributed by atoms with E-state index in [0.29, 0.717) is 0 Å². The Morgan fingerprint density at radius 2 is 1.94 bits per heavy atom. The fourth-order valence-electron chi connectivity index (χ4n) is 1.06. The SMILES string of the molecule is Fc1cc(C(F)F)c(OC(F)(F)F)c(CCl)n1. The van der Waals surface area contributed by atoms with Gasteiger partial charge in [0.05, 0.1) is 11.4 Å². The number of alkyl halides is 6. The Hall–Kier alpha value is -1.18. The second-order valence-electron chi connectivity index (χ2n) is 2.79. The van der Waals surface area contributed by atoms with E-state index >= 15 is 0 Å². The molecule has 0 spiro atoms. The summed E-state index contributed by atoms with van der Waals surface area (Å²) in [7, 11) is 0. The molecule has 2 nitrogen and oxygen atoms in total. The molecule has 0 fully saturated rings. The molecule has 0 unspecified atom stereocenters. The highest BCUT2D eigenvalue weighted by Crippen LogP contribution is 2.36. The summed E-state index contributed by atoms with van der Waals surface area (Å²) >= 11 is 5.19. The number of hydrogen-bond acceptors (Lipinski definition) is 2. The molecular formula is C8H4ClF6NO. The van der Waals surface area contributed by atoms with Gasteiger partial charge in [0.15, 0.2) is 5.75 Å². The summed E-state index contributed by atoms with van der Waals surface area (Å²) in [6.45, 7) is 0. The molecular weight excluding hydrogens is 276 g/mol. The highest BCUT2D eigenvalue weighted by Gasteiger charge is 2.35. The van der Waals surface area contributed by atoms with Crippen LogP contribution in [0, 0.1) is 5.95 Å². The van der Waals surface area contributed by atoms with Crippen LogP contribution in [-0.2, 0) is 5.88 Å². The molecule has 96 valence electrons. The van der Waals surface area contributed by atoms with Crippen molar-refractivity contribution in [2.75, 3.05) is 0 Å². The van der Waals surface area contributed by atoms with E-state index in [-0.39, 0.29) is 6.07 Å². The summed E-state index contributed by atoms with van der Waals surface area (Å²) in [5.41, 5.74) is -1.98. The first kappa shape index (κ1) is 13.9. The lowest BCUT2D eigenvalue weighted by Crippen LogP contribution is -2.20. The van der Waals surface area contributed by atoms with Crippen LogP contribution in [0.2, 0.25) is 0 Å². The molecule has 0 bridgehead atoms. The minimum Gasteiger partial charge on any atom is -0.403 e. The van der Waals surface area contributed by atoms with Gasteiger partial charge in [-0.15, -0.1) is 24.8 Å². The van der Waals surface area contributed by atoms with Crippen molar-refractivity contribution in [1.29, 1.82) is 0 Å². The van der Waals surface area contributed by atoms with Crippen molar-refractivity contribution in [3.8, 4) is 5.75 Å². The predicted octanol–water partition coefficient (Wildman–Crippen LogP) is 3.80. The van der Waals surface area contributed by atoms with Gasteiger partial charge in [0, 0.05) is 6.07 Å². The summed E-state index contributed by atoms with van der Waals surface area (Å²) in [5.74, 6) is -3.31. The van der Waals surface area contributed by atoms with E-state index in [9.17, 15) is 26.3 Å². The van der Waals surface area contributed by atoms with Crippen molar-refractivity contribution in [2.45, 2.75) is 18.7 Å². The standard InChI is InChI=1S/C8H4ClF6NO/c9-2-4-6(17-8(13,14)15)3(7(11)12)1-5(10)16-4/h1,7H,2H2. The summed E-state index contributed by atoms with van der Waals surface area (Å²) in [4.78, 5) is 2.96. The lowest BCUT2D eigenvalue weighted by Gasteiger charge is -2.15. The average molecular weight is 280 g/mol. The van der Waals surface area contributed by atoms with Gasteiger partial charge in [-0.1, -0.05) is 0 Å². The maximum atomic E-state index is 12.7. The van der Waals surface area contributed by atoms with E-state index in [4.69, 9.17) is 11.6 Å². The number of hydrogen-bond donors (Lipinski definition) is 0. The molecule has 0 N–H and O–H groups in total. The molecule has 17 heavy (non-hydrogen) atoms. The van der Waals surface area contributed by atoms with Crippen molar-refractivity contribution in [3.05, 3.63) is 23.3 Å². The Morgan fingerprint density at radius 3 is 2.35 bits per heavy atom. The van der Waals surface area contributed by atoms with Gasteiger partial charge >= 0.3 is 6.36 Å². The van der Waals surface area contributed by atoms with Gasteiger partial charge in [0.1, 0.15) is 5.69 Å². The normalized spacial score (nSPS) is 12.0. The molecule has 0 radical (unpaired) electrons. The highest BCUT2D eigenvalue weighted by molar-refractivity contribution is 6.17. The van der Waals surface area contributed by atoms with Gasteiger partial charge in [-0.25, -0.2) is 13.8 Å². The first-order valence-corrected chi connectivity index (χ1v) is 4.57. The van der Waals surface area contributed by atoms with Crippen LogP contribution in [0.3, 0.4) is 0 Å². The van der Waals surface area contributed by atoms with Crippen LogP contribution in [0.5, 0.6) is 5.75 Å². The predicted molar refractivity (Wildman–Crippen MR) is 45.4 cm³/mol. The summed E-state index contributed by atoms with van der Waals surface area (Å²) in [5, 5.41) is 0. The average Bonchev–Trinajstić information content (AvgIpc) is 2.17. The monoisotopic (exact) mass is 279 g/mol. The molecule has 0 aliphatic carbocycles. The third-order valence-electron chi connectivity index (χ3n) is 1.62. The largest absolute Gasteiger partial charge is 0.573 e. The lowest BCUT2D eigenvalue weighted by molar-refractivity contribution is -0.275. The Balaban J connectivity index is 3.32. The number of pyridine rings is 1. The summed E-state index contributed by atoms with van der Waals surface area (Å²) in [6.07, 6.45) is -8.53. The summed E-state index contributed by atoms with van der Waals surface area (Å²) < 4.78 is 76.9. The molecule has 9 heteroatoms. The van der Waals surface area contributed by atoms with Gasteiger partial charge in [0.2, 0.25) is 5.95 Å². The van der Waals surface area contributed by atoms with Crippen molar-refractivity contribution in [3.63, 3.8) is 0 Å². The zero-order valence-electron chi connectivity index (χ0n) is 7.86. The maximum Gasteiger partial charge on any atom is 0.573 e. The zero-order valence-corrected chi connectivity index (χ0v) is 8.62. The first-order valence-electron chi connectivity index (χ1n) is 4.03. The quantitative estimate of drug-likeness (QED) is 0.477. The van der Waals surface area contributed by atoms with Crippen LogP contribution in [0.25, 0.3) is 0 Å². The van der Waals surface area contributed by atoms with E-state index in [1.54, 1.807) is 0 Å². The number of nitrogens with zero attached hydrogens (tertiary/aromatic N) is 1. The number of ether oxygens (including phenoxy) is 1. The molecule has 0 saturated carbocycles. The van der Waals surface area contributed by atoms with E-state index in [1.165, 1.54) is 0 Å². The Kier molecular flexibility index (Phi) is 4.07. The van der Waals surface area contributed by atoms with Crippen LogP contribution < -0.4 is 4.74 Å². The van der Waals surface area contributed by atoms with Gasteiger partial charge in [-0.2, -0.15) is 4.39 Å². The molecule has 0 aliphatic heterocycles. The van der Waals surface area contributed by atoms with Crippen LogP contribution in [0.15, 0.2) is 6.07 Å². The van der Waals surface area contributed by atoms with E-state index < -0.39 is 41.6 Å². The van der Waals surface area contributed by atoms with Crippen molar-refractivity contribution >= 4 is 11.6 Å². The minimum atomic E-state index is -5.19. The van der Waals surface area contributed by atoms with Crippen molar-refractivity contribution < 1.29 is 31.1 Å². The number of aromatic nitrogens is 1. The fraction of sp³-hybridized carbons (Fsp3) is 0.375. The van der Waals surface area contributed by atoms with Crippen LogP contribution >= 0.6 is 11.6 Å². The van der Waals surface area contributed by atoms with Crippen LogP contribution in [-0.4, -0.2) is 11.3 Å². The third kappa shape index (κ3) is 3.65. The molecule has 0 aromatic carbocycles. The van der Waals surface area contributed by atoms with E-state index in [2.05, 4.69) is 9.72 Å². The number of halogens is 7. The second-order valence-corrected chi connectivity index (χ2v) is 3.06. The minimum absolute atomic E-state index is 0.168. The zero-order chi connectivity index (χ0) is 13.2. The Labute approximate surface area is 96.2 Å². The molecule has 1 rings (SSSR count). The van der Waals surface area contributed by atoms with Crippen LogP contribution in [0.1, 0.15) is 17.7 Å². The smallest absolute Gasteiger partial charge is 0.403 e. The molecule has 1 heterocycles. The Bertz CT molecular complexity index is 408. The van der Waals surface area contributed by atoms with Crippen molar-refractivity contribution in [2.24, 2.45) is 0 Å². The topological polar surface area (TPSA) is 22.1 Å². The van der Waals surface area contributed by atoms with Crippen LogP contribution in [0.4, 0.5) is 26.3 Å². The van der Waals surface area contributed by atoms with Gasteiger partial charge in [0.25, 0.3) is 6.43 Å². The Morgan fingerprint density at radius 1 is 1.35 bits per heavy atom. The maximum absolute atomic E-state index is 12.7. The second kappa shape index (κ2) is 4.99. The van der Waals surface area contributed by atoms with Gasteiger partial charge in [-0.3, -0.25) is 0 Å². The molecule has 0 amide bonds. The first-order chi connectivity index (χ1) is 7.74. The molecule has 1 aromatic heterocycles. The fourth-order valence-corrected chi connectivity index (χ4v) is 1.24. The lowest BCUT2D eigenvalue weighted by atomic mass is 10.2. The molecule has 1 aromatic rings.